The van der Waals surface area contributed by atoms with Gasteiger partial charge >= 0.3 is 0 Å². The van der Waals surface area contributed by atoms with Crippen LogP contribution in [0.2, 0.25) is 0 Å². The van der Waals surface area contributed by atoms with Crippen molar-refractivity contribution in [3.05, 3.63) is 68.4 Å². The van der Waals surface area contributed by atoms with E-state index >= 15 is 0 Å². The van der Waals surface area contributed by atoms with Gasteiger partial charge in [-0.15, -0.1) is 10.2 Å². The number of rotatable bonds is 5. The zero-order valence-corrected chi connectivity index (χ0v) is 20.9. The summed E-state index contributed by atoms with van der Waals surface area (Å²) in [4.78, 5) is 33.8. The average molecular weight is 583 g/mol. The molecule has 0 unspecified atom stereocenters. The van der Waals surface area contributed by atoms with Crippen LogP contribution in [0.15, 0.2) is 48.7 Å². The Labute approximate surface area is 212 Å². The van der Waals surface area contributed by atoms with E-state index in [1.807, 2.05) is 25.1 Å². The fraction of sp³-hybridized carbons (Fsp3) is 0.130. The number of carbonyl (C=O) groups is 2. The fourth-order valence-corrected chi connectivity index (χ4v) is 4.64. The lowest BCUT2D eigenvalue weighted by atomic mass is 10.1. The predicted octanol–water partition coefficient (Wildman–Crippen LogP) is 4.65. The molecule has 0 radical (unpaired) electrons. The SMILES string of the molecule is CCc1nnc(NC(=O)c2ccc(Nc3ncc4c(n3)-c3ccc(I)cc3NC(=O)C4)cc2)s1. The fourth-order valence-electron chi connectivity index (χ4n) is 3.47. The molecule has 1 aliphatic rings. The smallest absolute Gasteiger partial charge is 0.257 e. The lowest BCUT2D eigenvalue weighted by molar-refractivity contribution is -0.115. The monoisotopic (exact) mass is 583 g/mol. The zero-order chi connectivity index (χ0) is 23.7. The Morgan fingerprint density at radius 1 is 1.18 bits per heavy atom. The highest BCUT2D eigenvalue weighted by Crippen LogP contribution is 2.34. The Morgan fingerprint density at radius 2 is 2.00 bits per heavy atom. The molecule has 2 aromatic carbocycles. The third-order valence-corrected chi connectivity index (χ3v) is 6.77. The van der Waals surface area contributed by atoms with Crippen molar-refractivity contribution in [1.82, 2.24) is 20.2 Å². The molecule has 2 amide bonds. The van der Waals surface area contributed by atoms with Crippen molar-refractivity contribution in [2.24, 2.45) is 0 Å². The molecule has 0 fully saturated rings. The highest BCUT2D eigenvalue weighted by Gasteiger charge is 2.21. The number of benzene rings is 2. The van der Waals surface area contributed by atoms with Crippen LogP contribution in [0.1, 0.15) is 27.9 Å². The second kappa shape index (κ2) is 9.43. The summed E-state index contributed by atoms with van der Waals surface area (Å²) in [6, 6.07) is 12.8. The van der Waals surface area contributed by atoms with E-state index < -0.39 is 0 Å². The number of anilines is 4. The number of hydrogen-bond donors (Lipinski definition) is 3. The minimum Gasteiger partial charge on any atom is -0.325 e. The standard InChI is InChI=1S/C23H18IN7O2S/c1-2-19-30-31-23(34-19)29-21(33)12-3-6-15(7-4-12)26-22-25-11-13-9-18(32)27-17-10-14(24)5-8-16(17)20(13)28-22/h3-8,10-11H,2,9H2,1H3,(H,27,32)(H,25,26,28)(H,29,31,33). The van der Waals surface area contributed by atoms with Crippen LogP contribution in [-0.4, -0.2) is 32.0 Å². The molecule has 0 aliphatic carbocycles. The van der Waals surface area contributed by atoms with E-state index in [2.05, 4.69) is 58.7 Å². The summed E-state index contributed by atoms with van der Waals surface area (Å²) in [6.45, 7) is 1.99. The largest absolute Gasteiger partial charge is 0.325 e. The third-order valence-electron chi connectivity index (χ3n) is 5.12. The Morgan fingerprint density at radius 3 is 2.76 bits per heavy atom. The molecule has 3 N–H and O–H groups in total. The van der Waals surface area contributed by atoms with Crippen molar-refractivity contribution in [3.8, 4) is 11.3 Å². The van der Waals surface area contributed by atoms with Crippen LogP contribution in [0.3, 0.4) is 0 Å². The van der Waals surface area contributed by atoms with E-state index in [4.69, 9.17) is 0 Å². The Balaban J connectivity index is 1.35. The summed E-state index contributed by atoms with van der Waals surface area (Å²) in [6.07, 6.45) is 2.65. The summed E-state index contributed by atoms with van der Waals surface area (Å²) >= 11 is 3.57. The summed E-state index contributed by atoms with van der Waals surface area (Å²) in [5, 5.41) is 18.2. The second-order valence-electron chi connectivity index (χ2n) is 7.49. The van der Waals surface area contributed by atoms with Crippen molar-refractivity contribution in [2.75, 3.05) is 16.0 Å². The molecule has 0 bridgehead atoms. The topological polar surface area (TPSA) is 122 Å². The zero-order valence-electron chi connectivity index (χ0n) is 17.9. The minimum atomic E-state index is -0.255. The number of carbonyl (C=O) groups excluding carboxylic acids is 2. The van der Waals surface area contributed by atoms with Crippen molar-refractivity contribution < 1.29 is 9.59 Å². The second-order valence-corrected chi connectivity index (χ2v) is 9.80. The Bertz CT molecular complexity index is 1400. The quantitative estimate of drug-likeness (QED) is 0.293. The molecule has 11 heteroatoms. The molecule has 0 saturated carbocycles. The number of hydrogen-bond acceptors (Lipinski definition) is 8. The average Bonchev–Trinajstić information content (AvgIpc) is 3.23. The molecule has 3 heterocycles. The van der Waals surface area contributed by atoms with Gasteiger partial charge in [-0.2, -0.15) is 0 Å². The summed E-state index contributed by atoms with van der Waals surface area (Å²) < 4.78 is 1.02. The molecule has 4 aromatic rings. The molecule has 2 aromatic heterocycles. The van der Waals surface area contributed by atoms with Gasteiger partial charge in [0, 0.05) is 32.1 Å². The van der Waals surface area contributed by atoms with Gasteiger partial charge in [-0.1, -0.05) is 18.3 Å². The van der Waals surface area contributed by atoms with Gasteiger partial charge in [-0.3, -0.25) is 14.9 Å². The number of nitrogens with one attached hydrogen (secondary N) is 3. The predicted molar refractivity (Wildman–Crippen MR) is 139 cm³/mol. The number of fused-ring (bicyclic) bond motifs is 3. The van der Waals surface area contributed by atoms with E-state index in [0.717, 1.165) is 37.5 Å². The van der Waals surface area contributed by atoms with Crippen molar-refractivity contribution in [1.29, 1.82) is 0 Å². The van der Waals surface area contributed by atoms with Crippen LogP contribution in [0, 0.1) is 3.57 Å². The molecular formula is C23H18IN7O2S. The molecule has 5 rings (SSSR count). The molecule has 1 aliphatic heterocycles. The molecule has 0 atom stereocenters. The summed E-state index contributed by atoms with van der Waals surface area (Å²) in [7, 11) is 0. The lowest BCUT2D eigenvalue weighted by Crippen LogP contribution is -2.13. The van der Waals surface area contributed by atoms with E-state index in [0.29, 0.717) is 22.3 Å². The van der Waals surface area contributed by atoms with Gasteiger partial charge in [-0.25, -0.2) is 9.97 Å². The highest BCUT2D eigenvalue weighted by molar-refractivity contribution is 14.1. The van der Waals surface area contributed by atoms with Gasteiger partial charge in [0.1, 0.15) is 5.01 Å². The van der Waals surface area contributed by atoms with Crippen molar-refractivity contribution in [3.63, 3.8) is 0 Å². The minimum absolute atomic E-state index is 0.0976. The van der Waals surface area contributed by atoms with Crippen LogP contribution < -0.4 is 16.0 Å². The normalized spacial score (nSPS) is 12.2. The maximum Gasteiger partial charge on any atom is 0.257 e. The number of nitrogens with zero attached hydrogens (tertiary/aromatic N) is 4. The van der Waals surface area contributed by atoms with E-state index in [1.54, 1.807) is 30.5 Å². The van der Waals surface area contributed by atoms with Gasteiger partial charge < -0.3 is 10.6 Å². The first-order chi connectivity index (χ1) is 16.5. The van der Waals surface area contributed by atoms with Crippen LogP contribution >= 0.6 is 33.9 Å². The van der Waals surface area contributed by atoms with E-state index in [-0.39, 0.29) is 18.2 Å². The van der Waals surface area contributed by atoms with Crippen molar-refractivity contribution >= 4 is 68.2 Å². The Hall–Kier alpha value is -3.45. The van der Waals surface area contributed by atoms with Gasteiger partial charge in [0.25, 0.3) is 5.91 Å². The summed E-state index contributed by atoms with van der Waals surface area (Å²) in [5.74, 6) is 0.0467. The molecule has 170 valence electrons. The molecule has 0 saturated heterocycles. The van der Waals surface area contributed by atoms with Gasteiger partial charge in [0.15, 0.2) is 0 Å². The molecule has 9 nitrogen and oxygen atoms in total. The van der Waals surface area contributed by atoms with Crippen LogP contribution in [-0.2, 0) is 17.6 Å². The Kier molecular flexibility index (Phi) is 6.20. The number of halogens is 1. The lowest BCUT2D eigenvalue weighted by Gasteiger charge is -2.11. The molecule has 0 spiro atoms. The van der Waals surface area contributed by atoms with Crippen LogP contribution in [0.5, 0.6) is 0 Å². The third kappa shape index (κ3) is 4.75. The number of aryl methyl sites for hydroxylation is 1. The van der Waals surface area contributed by atoms with Gasteiger partial charge in [0.2, 0.25) is 17.0 Å². The van der Waals surface area contributed by atoms with Crippen molar-refractivity contribution in [2.45, 2.75) is 19.8 Å². The van der Waals surface area contributed by atoms with Crippen LogP contribution in [0.25, 0.3) is 11.3 Å². The maximum absolute atomic E-state index is 12.5. The first-order valence-electron chi connectivity index (χ1n) is 10.4. The van der Waals surface area contributed by atoms with Crippen LogP contribution in [0.4, 0.5) is 22.5 Å². The molecule has 34 heavy (non-hydrogen) atoms. The van der Waals surface area contributed by atoms with E-state index in [1.165, 1.54) is 11.3 Å². The van der Waals surface area contributed by atoms with Gasteiger partial charge in [0.05, 0.1) is 17.8 Å². The number of aromatic nitrogens is 4. The summed E-state index contributed by atoms with van der Waals surface area (Å²) in [5.41, 5.74) is 4.28. The maximum atomic E-state index is 12.5. The number of amides is 2. The first-order valence-corrected chi connectivity index (χ1v) is 12.3. The molecular weight excluding hydrogens is 565 g/mol. The van der Waals surface area contributed by atoms with E-state index in [9.17, 15) is 9.59 Å². The highest BCUT2D eigenvalue weighted by atomic mass is 127. The van der Waals surface area contributed by atoms with Gasteiger partial charge in [-0.05, 0) is 71.5 Å². The first kappa shape index (κ1) is 22.3.